The molecule has 0 aliphatic heterocycles. The van der Waals surface area contributed by atoms with Crippen LogP contribution in [0.15, 0.2) is 0 Å². The van der Waals surface area contributed by atoms with Gasteiger partial charge in [0.05, 0.1) is 0 Å². The van der Waals surface area contributed by atoms with Gasteiger partial charge in [0.15, 0.2) is 0 Å². The molecule has 2 unspecified atom stereocenters. The minimum Gasteiger partial charge on any atom is -0.314 e. The second-order valence-electron chi connectivity index (χ2n) is 4.37. The third-order valence-electron chi connectivity index (χ3n) is 3.34. The molecule has 0 spiro atoms. The van der Waals surface area contributed by atoms with Crippen LogP contribution in [0.5, 0.6) is 0 Å². The highest BCUT2D eigenvalue weighted by Crippen LogP contribution is 2.25. The van der Waals surface area contributed by atoms with Crippen molar-refractivity contribution in [2.24, 2.45) is 5.92 Å². The van der Waals surface area contributed by atoms with Crippen LogP contribution in [0.25, 0.3) is 0 Å². The Kier molecular flexibility index (Phi) is 5.45. The molecule has 78 valence electrons. The summed E-state index contributed by atoms with van der Waals surface area (Å²) in [5.74, 6) is 0.953. The zero-order chi connectivity index (χ0) is 9.52. The van der Waals surface area contributed by atoms with Gasteiger partial charge in [0.25, 0.3) is 0 Å². The van der Waals surface area contributed by atoms with E-state index in [-0.39, 0.29) is 0 Å². The molecule has 1 saturated carbocycles. The van der Waals surface area contributed by atoms with Crippen molar-refractivity contribution in [1.29, 1.82) is 0 Å². The summed E-state index contributed by atoms with van der Waals surface area (Å²) in [5.41, 5.74) is 0. The van der Waals surface area contributed by atoms with Gasteiger partial charge in [0.1, 0.15) is 0 Å². The third-order valence-corrected chi connectivity index (χ3v) is 3.34. The van der Waals surface area contributed by atoms with Crippen molar-refractivity contribution in [3.05, 3.63) is 0 Å². The predicted octanol–water partition coefficient (Wildman–Crippen LogP) is 3.34. The van der Waals surface area contributed by atoms with Crippen molar-refractivity contribution in [1.82, 2.24) is 5.32 Å². The van der Waals surface area contributed by atoms with Crippen molar-refractivity contribution in [3.8, 4) is 0 Å². The van der Waals surface area contributed by atoms with Crippen LogP contribution in [0, 0.1) is 5.92 Å². The molecule has 0 aromatic rings. The van der Waals surface area contributed by atoms with Crippen LogP contribution in [0.2, 0.25) is 0 Å². The molecule has 1 N–H and O–H groups in total. The van der Waals surface area contributed by atoms with Crippen LogP contribution >= 0.6 is 0 Å². The lowest BCUT2D eigenvalue weighted by atomic mass is 9.92. The molecule has 0 heterocycles. The Labute approximate surface area is 83.3 Å². The summed E-state index contributed by atoms with van der Waals surface area (Å²) in [6.45, 7) is 5.81. The largest absolute Gasteiger partial charge is 0.314 e. The van der Waals surface area contributed by atoms with Crippen molar-refractivity contribution >= 4 is 0 Å². The highest BCUT2D eigenvalue weighted by molar-refractivity contribution is 4.78. The Morgan fingerprint density at radius 3 is 2.54 bits per heavy atom. The van der Waals surface area contributed by atoms with E-state index in [0.717, 1.165) is 12.0 Å². The molecule has 1 nitrogen and oxygen atoms in total. The maximum atomic E-state index is 3.71. The topological polar surface area (TPSA) is 12.0 Å². The minimum absolute atomic E-state index is 0.826. The van der Waals surface area contributed by atoms with E-state index in [1.165, 1.54) is 51.5 Å². The molecule has 1 heteroatoms. The molecule has 1 fully saturated rings. The molecule has 0 aromatic carbocycles. The highest BCUT2D eigenvalue weighted by atomic mass is 14.9. The maximum Gasteiger partial charge on any atom is 0.00952 e. The lowest BCUT2D eigenvalue weighted by Gasteiger charge is -2.25. The fourth-order valence-corrected chi connectivity index (χ4v) is 2.47. The van der Waals surface area contributed by atoms with Crippen LogP contribution < -0.4 is 5.32 Å². The van der Waals surface area contributed by atoms with Crippen molar-refractivity contribution in [2.45, 2.75) is 64.8 Å². The SMILES string of the molecule is CCCNC1CCCCCC1CC. The fourth-order valence-electron chi connectivity index (χ4n) is 2.47. The quantitative estimate of drug-likeness (QED) is 0.659. The van der Waals surface area contributed by atoms with Gasteiger partial charge >= 0.3 is 0 Å². The molecule has 0 amide bonds. The first-order valence-electron chi connectivity index (χ1n) is 6.11. The molecule has 0 radical (unpaired) electrons. The van der Waals surface area contributed by atoms with Gasteiger partial charge in [0.2, 0.25) is 0 Å². The summed E-state index contributed by atoms with van der Waals surface area (Å²) in [6, 6.07) is 0.826. The van der Waals surface area contributed by atoms with E-state index in [9.17, 15) is 0 Å². The van der Waals surface area contributed by atoms with Crippen molar-refractivity contribution < 1.29 is 0 Å². The average molecular weight is 183 g/mol. The molecular weight excluding hydrogens is 158 g/mol. The fraction of sp³-hybridized carbons (Fsp3) is 1.00. The molecule has 1 aliphatic rings. The van der Waals surface area contributed by atoms with E-state index in [4.69, 9.17) is 0 Å². The molecular formula is C12H25N. The summed E-state index contributed by atoms with van der Waals surface area (Å²) in [4.78, 5) is 0. The summed E-state index contributed by atoms with van der Waals surface area (Å²) >= 11 is 0. The summed E-state index contributed by atoms with van der Waals surface area (Å²) in [6.07, 6.45) is 9.87. The van der Waals surface area contributed by atoms with Crippen molar-refractivity contribution in [3.63, 3.8) is 0 Å². The zero-order valence-electron chi connectivity index (χ0n) is 9.31. The molecule has 0 aromatic heterocycles. The van der Waals surface area contributed by atoms with Crippen LogP contribution in [-0.2, 0) is 0 Å². The van der Waals surface area contributed by atoms with Gasteiger partial charge in [-0.3, -0.25) is 0 Å². The van der Waals surface area contributed by atoms with E-state index >= 15 is 0 Å². The van der Waals surface area contributed by atoms with Crippen LogP contribution in [0.3, 0.4) is 0 Å². The normalized spacial score (nSPS) is 30.0. The van der Waals surface area contributed by atoms with E-state index in [2.05, 4.69) is 19.2 Å². The van der Waals surface area contributed by atoms with E-state index < -0.39 is 0 Å². The van der Waals surface area contributed by atoms with Gasteiger partial charge in [-0.15, -0.1) is 0 Å². The Bertz CT molecular complexity index is 122. The predicted molar refractivity (Wildman–Crippen MR) is 58.9 cm³/mol. The maximum absolute atomic E-state index is 3.71. The molecule has 2 atom stereocenters. The summed E-state index contributed by atoms with van der Waals surface area (Å²) in [5, 5.41) is 3.71. The highest BCUT2D eigenvalue weighted by Gasteiger charge is 2.20. The van der Waals surface area contributed by atoms with Crippen LogP contribution in [-0.4, -0.2) is 12.6 Å². The number of rotatable bonds is 4. The van der Waals surface area contributed by atoms with E-state index in [1.54, 1.807) is 0 Å². The minimum atomic E-state index is 0.826. The Morgan fingerprint density at radius 1 is 1.08 bits per heavy atom. The standard InChI is InChI=1S/C12H25N/c1-3-10-13-12-9-7-5-6-8-11(12)4-2/h11-13H,3-10H2,1-2H3. The Hall–Kier alpha value is -0.0400. The Morgan fingerprint density at radius 2 is 1.85 bits per heavy atom. The lowest BCUT2D eigenvalue weighted by molar-refractivity contribution is 0.326. The van der Waals surface area contributed by atoms with Crippen LogP contribution in [0.1, 0.15) is 58.8 Å². The van der Waals surface area contributed by atoms with Crippen molar-refractivity contribution in [2.75, 3.05) is 6.54 Å². The van der Waals surface area contributed by atoms with E-state index in [0.29, 0.717) is 0 Å². The first-order valence-corrected chi connectivity index (χ1v) is 6.11. The average Bonchev–Trinajstić information content (AvgIpc) is 2.39. The lowest BCUT2D eigenvalue weighted by Crippen LogP contribution is -2.35. The summed E-state index contributed by atoms with van der Waals surface area (Å²) in [7, 11) is 0. The number of nitrogens with one attached hydrogen (secondary N) is 1. The van der Waals surface area contributed by atoms with Gasteiger partial charge in [-0.2, -0.15) is 0 Å². The second kappa shape index (κ2) is 6.42. The zero-order valence-corrected chi connectivity index (χ0v) is 9.31. The van der Waals surface area contributed by atoms with Gasteiger partial charge in [-0.1, -0.05) is 39.5 Å². The Balaban J connectivity index is 2.34. The van der Waals surface area contributed by atoms with Crippen LogP contribution in [0.4, 0.5) is 0 Å². The van der Waals surface area contributed by atoms with Gasteiger partial charge in [-0.05, 0) is 31.7 Å². The first kappa shape index (κ1) is 11.0. The van der Waals surface area contributed by atoms with E-state index in [1.807, 2.05) is 0 Å². The monoisotopic (exact) mass is 183 g/mol. The van der Waals surface area contributed by atoms with Gasteiger partial charge in [0, 0.05) is 6.04 Å². The smallest absolute Gasteiger partial charge is 0.00952 e. The summed E-state index contributed by atoms with van der Waals surface area (Å²) < 4.78 is 0. The molecule has 0 bridgehead atoms. The molecule has 0 saturated heterocycles. The number of hydrogen-bond acceptors (Lipinski definition) is 1. The van der Waals surface area contributed by atoms with Gasteiger partial charge < -0.3 is 5.32 Å². The van der Waals surface area contributed by atoms with Gasteiger partial charge in [-0.25, -0.2) is 0 Å². The molecule has 13 heavy (non-hydrogen) atoms. The third kappa shape index (κ3) is 3.68. The first-order chi connectivity index (χ1) is 6.38. The number of hydrogen-bond donors (Lipinski definition) is 1. The molecule has 1 aliphatic carbocycles. The second-order valence-corrected chi connectivity index (χ2v) is 4.37. The molecule has 1 rings (SSSR count).